The number of carbonyl (C=O) groups excluding carboxylic acids is 1. The third-order valence-electron chi connectivity index (χ3n) is 5.36. The molecule has 3 heterocycles. The Morgan fingerprint density at radius 1 is 1.25 bits per heavy atom. The van der Waals surface area contributed by atoms with Crippen LogP contribution in [0.1, 0.15) is 49.7 Å². The van der Waals surface area contributed by atoms with Gasteiger partial charge in [0, 0.05) is 61.4 Å². The van der Waals surface area contributed by atoms with Crippen LogP contribution in [0.4, 0.5) is 13.2 Å². The maximum absolute atomic E-state index is 13.3. The summed E-state index contributed by atoms with van der Waals surface area (Å²) in [5.74, 6) is 0.224. The lowest BCUT2D eigenvalue weighted by molar-refractivity contribution is -0.133. The van der Waals surface area contributed by atoms with E-state index in [0.29, 0.717) is 30.0 Å². The Balaban J connectivity index is 1.69. The van der Waals surface area contributed by atoms with E-state index in [9.17, 15) is 18.0 Å². The summed E-state index contributed by atoms with van der Waals surface area (Å²) in [6.07, 6.45) is -1.43. The quantitative estimate of drug-likeness (QED) is 0.797. The number of alkyl halides is 3. The van der Waals surface area contributed by atoms with Crippen LogP contribution in [0.3, 0.4) is 0 Å². The Morgan fingerprint density at radius 2 is 1.96 bits per heavy atom. The topological polar surface area (TPSA) is 51.0 Å². The number of fused-ring (bicyclic) bond motifs is 1. The molecule has 1 saturated heterocycles. The second kappa shape index (κ2) is 6.46. The molecular weight excluding hydrogens is 369 g/mol. The van der Waals surface area contributed by atoms with Gasteiger partial charge in [0.15, 0.2) is 0 Å². The molecule has 5 nitrogen and oxygen atoms in total. The van der Waals surface area contributed by atoms with Crippen molar-refractivity contribution in [2.45, 2.75) is 45.3 Å². The zero-order valence-corrected chi connectivity index (χ0v) is 15.9. The van der Waals surface area contributed by atoms with Gasteiger partial charge in [-0.2, -0.15) is 18.3 Å². The number of amides is 1. The summed E-state index contributed by atoms with van der Waals surface area (Å²) in [7, 11) is 0. The van der Waals surface area contributed by atoms with Gasteiger partial charge in [-0.1, -0.05) is 6.08 Å². The fourth-order valence-electron chi connectivity index (χ4n) is 3.80. The number of hydrogen-bond acceptors (Lipinski definition) is 3. The molecular formula is C20H21F3N4O. The molecule has 2 aromatic rings. The number of aromatic nitrogens is 3. The van der Waals surface area contributed by atoms with Crippen molar-refractivity contribution in [3.63, 3.8) is 0 Å². The van der Waals surface area contributed by atoms with E-state index in [-0.39, 0.29) is 29.9 Å². The molecule has 1 aliphatic carbocycles. The van der Waals surface area contributed by atoms with Crippen LogP contribution in [-0.2, 0) is 11.2 Å². The van der Waals surface area contributed by atoms with E-state index < -0.39 is 11.7 Å². The van der Waals surface area contributed by atoms with Crippen molar-refractivity contribution >= 4 is 11.5 Å². The molecule has 1 fully saturated rings. The number of halogens is 3. The maximum atomic E-state index is 13.3. The van der Waals surface area contributed by atoms with Crippen molar-refractivity contribution in [3.05, 3.63) is 41.4 Å². The summed E-state index contributed by atoms with van der Waals surface area (Å²) >= 11 is 0. The van der Waals surface area contributed by atoms with Gasteiger partial charge < -0.3 is 4.90 Å². The van der Waals surface area contributed by atoms with Crippen LogP contribution < -0.4 is 0 Å². The molecule has 2 aromatic heterocycles. The molecule has 0 aromatic carbocycles. The van der Waals surface area contributed by atoms with Crippen molar-refractivity contribution in [1.29, 1.82) is 0 Å². The van der Waals surface area contributed by atoms with Crippen molar-refractivity contribution < 1.29 is 18.0 Å². The number of likely N-dealkylation sites (tertiary alicyclic amines) is 1. The SMILES string of the molecule is CC(=O)N1CC(c2cc(-c3cnc4c(c3)C(C(F)(F)F)=CC4)nn2C(C)C)C1. The average molecular weight is 390 g/mol. The predicted octanol–water partition coefficient (Wildman–Crippen LogP) is 3.97. The highest BCUT2D eigenvalue weighted by atomic mass is 19.4. The zero-order chi connectivity index (χ0) is 20.2. The highest BCUT2D eigenvalue weighted by Crippen LogP contribution is 2.40. The van der Waals surface area contributed by atoms with E-state index in [2.05, 4.69) is 10.1 Å². The molecule has 0 radical (unpaired) electrons. The molecule has 28 heavy (non-hydrogen) atoms. The van der Waals surface area contributed by atoms with Crippen molar-refractivity contribution in [2.75, 3.05) is 13.1 Å². The molecule has 4 rings (SSSR count). The summed E-state index contributed by atoms with van der Waals surface area (Å²) < 4.78 is 41.7. The Labute approximate surface area is 160 Å². The monoisotopic (exact) mass is 390 g/mol. The standard InChI is InChI=1S/C20H21F3N4O/c1-11(2)27-19(14-9-26(10-14)12(3)28)7-18(25-27)13-6-15-16(20(21,22)23)4-5-17(15)24-8-13/h4,6-8,11,14H,5,9-10H2,1-3H3. The van der Waals surface area contributed by atoms with Gasteiger partial charge in [0.05, 0.1) is 17.0 Å². The van der Waals surface area contributed by atoms with Crippen LogP contribution in [0.2, 0.25) is 0 Å². The molecule has 0 N–H and O–H groups in total. The molecule has 1 aliphatic heterocycles. The fraction of sp³-hybridized carbons (Fsp3) is 0.450. The lowest BCUT2D eigenvalue weighted by atomic mass is 9.95. The first-order chi connectivity index (χ1) is 13.1. The Morgan fingerprint density at radius 3 is 2.57 bits per heavy atom. The first-order valence-electron chi connectivity index (χ1n) is 9.27. The average Bonchev–Trinajstić information content (AvgIpc) is 3.16. The highest BCUT2D eigenvalue weighted by molar-refractivity contribution is 5.78. The number of carbonyl (C=O) groups is 1. The van der Waals surface area contributed by atoms with Gasteiger partial charge in [0.2, 0.25) is 5.91 Å². The molecule has 0 bridgehead atoms. The molecule has 1 amide bonds. The normalized spacial score (nSPS) is 17.0. The van der Waals surface area contributed by atoms with Gasteiger partial charge in [-0.3, -0.25) is 14.5 Å². The summed E-state index contributed by atoms with van der Waals surface area (Å²) in [6.45, 7) is 6.83. The maximum Gasteiger partial charge on any atom is 0.416 e. The lowest BCUT2D eigenvalue weighted by Gasteiger charge is -2.39. The largest absolute Gasteiger partial charge is 0.416 e. The first kappa shape index (κ1) is 18.7. The molecule has 8 heteroatoms. The van der Waals surface area contributed by atoms with Gasteiger partial charge in [-0.25, -0.2) is 0 Å². The molecule has 0 atom stereocenters. The summed E-state index contributed by atoms with van der Waals surface area (Å²) in [6, 6.07) is 3.55. The minimum absolute atomic E-state index is 0.0429. The third-order valence-corrected chi connectivity index (χ3v) is 5.36. The van der Waals surface area contributed by atoms with E-state index in [0.717, 1.165) is 5.69 Å². The molecule has 148 valence electrons. The minimum Gasteiger partial charge on any atom is -0.341 e. The molecule has 0 spiro atoms. The van der Waals surface area contributed by atoms with Crippen LogP contribution >= 0.6 is 0 Å². The number of hydrogen-bond donors (Lipinski definition) is 0. The van der Waals surface area contributed by atoms with E-state index in [1.54, 1.807) is 18.0 Å². The Kier molecular flexibility index (Phi) is 4.32. The van der Waals surface area contributed by atoms with Crippen molar-refractivity contribution in [2.24, 2.45) is 0 Å². The van der Waals surface area contributed by atoms with Crippen molar-refractivity contribution in [1.82, 2.24) is 19.7 Å². The smallest absolute Gasteiger partial charge is 0.341 e. The number of allylic oxidation sites excluding steroid dienone is 2. The second-order valence-corrected chi connectivity index (χ2v) is 7.65. The summed E-state index contributed by atoms with van der Waals surface area (Å²) in [5.41, 5.74) is 2.12. The number of rotatable bonds is 3. The van der Waals surface area contributed by atoms with E-state index in [4.69, 9.17) is 0 Å². The minimum atomic E-state index is -4.39. The van der Waals surface area contributed by atoms with Crippen LogP contribution in [-0.4, -0.2) is 44.8 Å². The third kappa shape index (κ3) is 3.10. The fourth-order valence-corrected chi connectivity index (χ4v) is 3.80. The molecule has 0 saturated carbocycles. The molecule has 0 unspecified atom stereocenters. The van der Waals surface area contributed by atoms with Gasteiger partial charge >= 0.3 is 6.18 Å². The van der Waals surface area contributed by atoms with Gasteiger partial charge in [0.25, 0.3) is 0 Å². The van der Waals surface area contributed by atoms with Crippen LogP contribution in [0.25, 0.3) is 16.8 Å². The zero-order valence-electron chi connectivity index (χ0n) is 15.9. The van der Waals surface area contributed by atoms with Crippen LogP contribution in [0.5, 0.6) is 0 Å². The van der Waals surface area contributed by atoms with E-state index in [1.165, 1.54) is 12.1 Å². The van der Waals surface area contributed by atoms with Crippen LogP contribution in [0.15, 0.2) is 24.4 Å². The van der Waals surface area contributed by atoms with Crippen molar-refractivity contribution in [3.8, 4) is 11.3 Å². The summed E-state index contributed by atoms with van der Waals surface area (Å²) in [4.78, 5) is 17.5. The Bertz CT molecular complexity index is 968. The van der Waals surface area contributed by atoms with Gasteiger partial charge in [0.1, 0.15) is 0 Å². The lowest BCUT2D eigenvalue weighted by Crippen LogP contribution is -2.48. The van der Waals surface area contributed by atoms with E-state index >= 15 is 0 Å². The van der Waals surface area contributed by atoms with Crippen LogP contribution in [0, 0.1) is 0 Å². The molecule has 2 aliphatic rings. The highest BCUT2D eigenvalue weighted by Gasteiger charge is 2.38. The summed E-state index contributed by atoms with van der Waals surface area (Å²) in [5, 5.41) is 4.64. The van der Waals surface area contributed by atoms with E-state index in [1.807, 2.05) is 24.6 Å². The van der Waals surface area contributed by atoms with Gasteiger partial charge in [-0.05, 0) is 26.0 Å². The number of nitrogens with zero attached hydrogens (tertiary/aromatic N) is 4. The predicted molar refractivity (Wildman–Crippen MR) is 98.6 cm³/mol. The first-order valence-corrected chi connectivity index (χ1v) is 9.27. The van der Waals surface area contributed by atoms with Gasteiger partial charge in [-0.15, -0.1) is 0 Å². The Hall–Kier alpha value is -2.64. The second-order valence-electron chi connectivity index (χ2n) is 7.65. The number of pyridine rings is 1.